The maximum atomic E-state index is 12.2. The molecule has 1 aromatic carbocycles. The smallest absolute Gasteiger partial charge is 0.268 e. The van der Waals surface area contributed by atoms with E-state index in [9.17, 15) is 4.79 Å². The molecule has 106 valence electrons. The highest BCUT2D eigenvalue weighted by atomic mass is 79.9. The second kappa shape index (κ2) is 6.09. The molecule has 5 nitrogen and oxygen atoms in total. The lowest BCUT2D eigenvalue weighted by molar-refractivity contribution is 0.335. The largest absolute Gasteiger partial charge is 0.494 e. The van der Waals surface area contributed by atoms with Gasteiger partial charge < -0.3 is 10.5 Å². The van der Waals surface area contributed by atoms with Crippen molar-refractivity contribution in [3.8, 4) is 5.75 Å². The van der Waals surface area contributed by atoms with E-state index in [0.29, 0.717) is 29.1 Å². The zero-order valence-electron chi connectivity index (χ0n) is 11.4. The van der Waals surface area contributed by atoms with Gasteiger partial charge in [-0.3, -0.25) is 9.36 Å². The molecule has 0 aliphatic carbocycles. The van der Waals surface area contributed by atoms with E-state index in [1.165, 1.54) is 6.20 Å². The number of ether oxygens (including phenoxy) is 1. The van der Waals surface area contributed by atoms with Gasteiger partial charge in [-0.2, -0.15) is 0 Å². The monoisotopic (exact) mass is 337 g/mol. The fourth-order valence-corrected chi connectivity index (χ4v) is 2.24. The maximum Gasteiger partial charge on any atom is 0.268 e. The van der Waals surface area contributed by atoms with Crippen molar-refractivity contribution >= 4 is 21.6 Å². The Labute approximate surface area is 125 Å². The number of halogens is 1. The maximum absolute atomic E-state index is 12.2. The molecule has 0 saturated heterocycles. The lowest BCUT2D eigenvalue weighted by atomic mass is 10.1. The molecule has 0 fully saturated rings. The number of rotatable bonds is 4. The summed E-state index contributed by atoms with van der Waals surface area (Å²) < 4.78 is 7.59. The van der Waals surface area contributed by atoms with E-state index in [1.54, 1.807) is 17.6 Å². The molecule has 0 aliphatic rings. The Morgan fingerprint density at radius 3 is 2.90 bits per heavy atom. The third-order valence-corrected chi connectivity index (χ3v) is 3.46. The molecule has 0 saturated carbocycles. The fourth-order valence-electron chi connectivity index (χ4n) is 1.93. The van der Waals surface area contributed by atoms with E-state index in [1.807, 2.05) is 19.1 Å². The Balaban J connectivity index is 2.47. The van der Waals surface area contributed by atoms with Gasteiger partial charge in [0.05, 0.1) is 13.2 Å². The van der Waals surface area contributed by atoms with E-state index in [0.717, 1.165) is 11.3 Å². The number of nitrogens with two attached hydrogens (primary N) is 1. The highest BCUT2D eigenvalue weighted by Crippen LogP contribution is 2.22. The van der Waals surface area contributed by atoms with Crippen LogP contribution in [-0.2, 0) is 6.54 Å². The predicted molar refractivity (Wildman–Crippen MR) is 82.1 cm³/mol. The normalized spacial score (nSPS) is 10.6. The number of aromatic nitrogens is 2. The van der Waals surface area contributed by atoms with Gasteiger partial charge in [0, 0.05) is 17.4 Å². The van der Waals surface area contributed by atoms with Crippen LogP contribution in [0.15, 0.2) is 33.7 Å². The van der Waals surface area contributed by atoms with Crippen LogP contribution in [0.3, 0.4) is 0 Å². The van der Waals surface area contributed by atoms with Gasteiger partial charge in [-0.15, -0.1) is 0 Å². The number of nitrogen functional groups attached to an aromatic ring is 1. The number of nitrogens with zero attached hydrogens (tertiary/aromatic N) is 2. The van der Waals surface area contributed by atoms with Crippen LogP contribution in [0, 0.1) is 6.92 Å². The average molecular weight is 338 g/mol. The number of aryl methyl sites for hydroxylation is 1. The number of hydrogen-bond donors (Lipinski definition) is 1. The van der Waals surface area contributed by atoms with Crippen molar-refractivity contribution in [1.82, 2.24) is 9.55 Å². The molecule has 2 N–H and O–H groups in total. The summed E-state index contributed by atoms with van der Waals surface area (Å²) in [5.74, 6) is 1.37. The molecule has 1 heterocycles. The van der Waals surface area contributed by atoms with E-state index < -0.39 is 0 Å². The molecular formula is C14H16BrN3O2. The van der Waals surface area contributed by atoms with Crippen LogP contribution >= 0.6 is 15.9 Å². The molecule has 0 bridgehead atoms. The van der Waals surface area contributed by atoms with Gasteiger partial charge in [0.15, 0.2) is 0 Å². The van der Waals surface area contributed by atoms with Crippen molar-refractivity contribution in [2.45, 2.75) is 20.4 Å². The second-order valence-electron chi connectivity index (χ2n) is 4.34. The highest BCUT2D eigenvalue weighted by molar-refractivity contribution is 9.10. The van der Waals surface area contributed by atoms with E-state index in [4.69, 9.17) is 10.5 Å². The first kappa shape index (κ1) is 14.6. The zero-order valence-corrected chi connectivity index (χ0v) is 13.0. The van der Waals surface area contributed by atoms with Crippen LogP contribution in [0.2, 0.25) is 0 Å². The van der Waals surface area contributed by atoms with Gasteiger partial charge in [-0.25, -0.2) is 4.98 Å². The minimum absolute atomic E-state index is 0.123. The van der Waals surface area contributed by atoms with Gasteiger partial charge in [-0.05, 0) is 48.0 Å². The van der Waals surface area contributed by atoms with Crippen LogP contribution in [0.1, 0.15) is 18.3 Å². The van der Waals surface area contributed by atoms with Crippen molar-refractivity contribution in [2.24, 2.45) is 0 Å². The van der Waals surface area contributed by atoms with Crippen LogP contribution in [0.25, 0.3) is 0 Å². The second-order valence-corrected chi connectivity index (χ2v) is 5.20. The van der Waals surface area contributed by atoms with E-state index in [2.05, 4.69) is 20.9 Å². The Bertz CT molecular complexity index is 683. The van der Waals surface area contributed by atoms with Gasteiger partial charge >= 0.3 is 0 Å². The molecule has 1 aromatic heterocycles. The van der Waals surface area contributed by atoms with Crippen LogP contribution in [0.4, 0.5) is 5.69 Å². The van der Waals surface area contributed by atoms with Crippen molar-refractivity contribution in [3.05, 3.63) is 50.6 Å². The predicted octanol–water partition coefficient (Wildman–Crippen LogP) is 2.34. The number of hydrogen-bond acceptors (Lipinski definition) is 4. The number of benzene rings is 1. The minimum atomic E-state index is -0.123. The average Bonchev–Trinajstić information content (AvgIpc) is 2.42. The number of anilines is 1. The molecule has 0 amide bonds. The fraction of sp³-hybridized carbons (Fsp3) is 0.286. The summed E-state index contributed by atoms with van der Waals surface area (Å²) in [6, 6.07) is 5.42. The summed E-state index contributed by atoms with van der Waals surface area (Å²) in [5, 5.41) is 0. The SMILES string of the molecule is CCOc1ccc(N)cc1Cn1c(C)ncc(Br)c1=O. The summed E-state index contributed by atoms with van der Waals surface area (Å²) in [5.41, 5.74) is 7.19. The van der Waals surface area contributed by atoms with Gasteiger partial charge in [0.2, 0.25) is 0 Å². The third-order valence-electron chi connectivity index (χ3n) is 2.92. The molecule has 6 heteroatoms. The Morgan fingerprint density at radius 2 is 2.20 bits per heavy atom. The lowest BCUT2D eigenvalue weighted by Gasteiger charge is -2.14. The first-order chi connectivity index (χ1) is 9.52. The van der Waals surface area contributed by atoms with Gasteiger partial charge in [0.25, 0.3) is 5.56 Å². The Morgan fingerprint density at radius 1 is 1.45 bits per heavy atom. The van der Waals surface area contributed by atoms with Crippen molar-refractivity contribution in [3.63, 3.8) is 0 Å². The molecule has 0 atom stereocenters. The first-order valence-corrected chi connectivity index (χ1v) is 7.05. The highest BCUT2D eigenvalue weighted by Gasteiger charge is 2.10. The summed E-state index contributed by atoms with van der Waals surface area (Å²) in [4.78, 5) is 16.3. The first-order valence-electron chi connectivity index (χ1n) is 6.26. The summed E-state index contributed by atoms with van der Waals surface area (Å²) in [6.07, 6.45) is 1.51. The quantitative estimate of drug-likeness (QED) is 0.869. The van der Waals surface area contributed by atoms with Crippen LogP contribution in [0.5, 0.6) is 5.75 Å². The Hall–Kier alpha value is -1.82. The summed E-state index contributed by atoms with van der Waals surface area (Å²) in [7, 11) is 0. The van der Waals surface area contributed by atoms with Crippen molar-refractivity contribution < 1.29 is 4.74 Å². The molecule has 20 heavy (non-hydrogen) atoms. The molecule has 0 spiro atoms. The lowest BCUT2D eigenvalue weighted by Crippen LogP contribution is -2.24. The molecule has 2 rings (SSSR count). The van der Waals surface area contributed by atoms with Crippen molar-refractivity contribution in [2.75, 3.05) is 12.3 Å². The molecule has 0 unspecified atom stereocenters. The molecule has 2 aromatic rings. The zero-order chi connectivity index (χ0) is 14.7. The topological polar surface area (TPSA) is 70.1 Å². The molecular weight excluding hydrogens is 322 g/mol. The Kier molecular flexibility index (Phi) is 4.44. The minimum Gasteiger partial charge on any atom is -0.494 e. The standard InChI is InChI=1S/C14H16BrN3O2/c1-3-20-13-5-4-11(16)6-10(13)8-18-9(2)17-7-12(15)14(18)19/h4-7H,3,8,16H2,1-2H3. The molecule has 0 radical (unpaired) electrons. The van der Waals surface area contributed by atoms with Crippen LogP contribution < -0.4 is 16.0 Å². The van der Waals surface area contributed by atoms with Crippen LogP contribution in [-0.4, -0.2) is 16.2 Å². The molecule has 0 aliphatic heterocycles. The summed E-state index contributed by atoms with van der Waals surface area (Å²) in [6.45, 7) is 4.64. The van der Waals surface area contributed by atoms with Gasteiger partial charge in [-0.1, -0.05) is 0 Å². The summed E-state index contributed by atoms with van der Waals surface area (Å²) >= 11 is 3.21. The van der Waals surface area contributed by atoms with Gasteiger partial charge in [0.1, 0.15) is 16.0 Å². The van der Waals surface area contributed by atoms with E-state index in [-0.39, 0.29) is 5.56 Å². The third kappa shape index (κ3) is 3.01. The van der Waals surface area contributed by atoms with E-state index >= 15 is 0 Å². The van der Waals surface area contributed by atoms with Crippen molar-refractivity contribution in [1.29, 1.82) is 0 Å².